The Morgan fingerprint density at radius 3 is 2.74 bits per heavy atom. The molecule has 1 amide bonds. The molecule has 1 saturated heterocycles. The van der Waals surface area contributed by atoms with Gasteiger partial charge < -0.3 is 10.6 Å². The summed E-state index contributed by atoms with van der Waals surface area (Å²) in [6.07, 6.45) is 0. The zero-order chi connectivity index (χ0) is 13.9. The molecule has 104 valence electrons. The average molecular weight is 266 g/mol. The van der Waals surface area contributed by atoms with Gasteiger partial charge in [0.25, 0.3) is 0 Å². The smallest absolute Gasteiger partial charge is 0.245 e. The Morgan fingerprint density at radius 2 is 2.11 bits per heavy atom. The SMILES string of the molecule is CC(C)(C(=O)Nc1cccc(F)n1)N1CCNCC1. The fourth-order valence-electron chi connectivity index (χ4n) is 2.11. The zero-order valence-electron chi connectivity index (χ0n) is 11.2. The normalized spacial score (nSPS) is 17.2. The van der Waals surface area contributed by atoms with E-state index in [1.165, 1.54) is 12.1 Å². The molecule has 2 N–H and O–H groups in total. The van der Waals surface area contributed by atoms with E-state index in [1.54, 1.807) is 6.07 Å². The lowest BCUT2D eigenvalue weighted by Crippen LogP contribution is -2.58. The second-order valence-electron chi connectivity index (χ2n) is 5.10. The molecule has 2 heterocycles. The first-order valence-corrected chi connectivity index (χ1v) is 6.40. The second kappa shape index (κ2) is 5.63. The maximum absolute atomic E-state index is 13.0. The Morgan fingerprint density at radius 1 is 1.42 bits per heavy atom. The van der Waals surface area contributed by atoms with Crippen LogP contribution in [-0.4, -0.2) is 47.5 Å². The van der Waals surface area contributed by atoms with Crippen LogP contribution in [0, 0.1) is 5.95 Å². The van der Waals surface area contributed by atoms with E-state index < -0.39 is 11.5 Å². The van der Waals surface area contributed by atoms with Crippen molar-refractivity contribution in [1.29, 1.82) is 0 Å². The lowest BCUT2D eigenvalue weighted by Gasteiger charge is -2.39. The van der Waals surface area contributed by atoms with Gasteiger partial charge in [0.15, 0.2) is 0 Å². The minimum Gasteiger partial charge on any atom is -0.314 e. The molecule has 0 unspecified atom stereocenters. The van der Waals surface area contributed by atoms with Crippen molar-refractivity contribution in [1.82, 2.24) is 15.2 Å². The van der Waals surface area contributed by atoms with Crippen LogP contribution in [0.3, 0.4) is 0 Å². The summed E-state index contributed by atoms with van der Waals surface area (Å²) in [5, 5.41) is 5.92. The first kappa shape index (κ1) is 13.9. The van der Waals surface area contributed by atoms with Crippen molar-refractivity contribution in [3.05, 3.63) is 24.1 Å². The van der Waals surface area contributed by atoms with Crippen molar-refractivity contribution in [2.45, 2.75) is 19.4 Å². The number of pyridine rings is 1. The van der Waals surface area contributed by atoms with Gasteiger partial charge >= 0.3 is 0 Å². The van der Waals surface area contributed by atoms with E-state index >= 15 is 0 Å². The fraction of sp³-hybridized carbons (Fsp3) is 0.538. The molecular weight excluding hydrogens is 247 g/mol. The highest BCUT2D eigenvalue weighted by Gasteiger charge is 2.35. The first-order valence-electron chi connectivity index (χ1n) is 6.40. The van der Waals surface area contributed by atoms with E-state index in [-0.39, 0.29) is 11.7 Å². The highest BCUT2D eigenvalue weighted by atomic mass is 19.1. The van der Waals surface area contributed by atoms with Crippen LogP contribution >= 0.6 is 0 Å². The van der Waals surface area contributed by atoms with E-state index in [0.29, 0.717) is 0 Å². The summed E-state index contributed by atoms with van der Waals surface area (Å²) in [6.45, 7) is 7.11. The van der Waals surface area contributed by atoms with Crippen molar-refractivity contribution in [2.24, 2.45) is 0 Å². The standard InChI is InChI=1S/C13H19FN4O/c1-13(2,18-8-6-15-7-9-18)12(19)17-11-5-3-4-10(14)16-11/h3-5,15H,6-9H2,1-2H3,(H,16,17,19). The molecule has 0 saturated carbocycles. The zero-order valence-corrected chi connectivity index (χ0v) is 11.2. The van der Waals surface area contributed by atoms with Crippen LogP contribution < -0.4 is 10.6 Å². The fourth-order valence-corrected chi connectivity index (χ4v) is 2.11. The largest absolute Gasteiger partial charge is 0.314 e. The third-order valence-electron chi connectivity index (χ3n) is 3.42. The number of halogens is 1. The predicted octanol–water partition coefficient (Wildman–Crippen LogP) is 0.843. The Balaban J connectivity index is 2.05. The Hall–Kier alpha value is -1.53. The molecule has 1 aromatic rings. The van der Waals surface area contributed by atoms with E-state index in [0.717, 1.165) is 26.2 Å². The van der Waals surface area contributed by atoms with E-state index in [9.17, 15) is 9.18 Å². The Kier molecular flexibility index (Phi) is 4.11. The van der Waals surface area contributed by atoms with Crippen molar-refractivity contribution in [2.75, 3.05) is 31.5 Å². The highest BCUT2D eigenvalue weighted by molar-refractivity contribution is 5.96. The van der Waals surface area contributed by atoms with Gasteiger partial charge in [-0.1, -0.05) is 6.07 Å². The third kappa shape index (κ3) is 3.27. The quantitative estimate of drug-likeness (QED) is 0.796. The minimum absolute atomic E-state index is 0.174. The van der Waals surface area contributed by atoms with Crippen LogP contribution in [0.2, 0.25) is 0 Å². The maximum atomic E-state index is 13.0. The molecule has 0 radical (unpaired) electrons. The van der Waals surface area contributed by atoms with E-state index in [4.69, 9.17) is 0 Å². The van der Waals surface area contributed by atoms with Gasteiger partial charge in [-0.2, -0.15) is 4.39 Å². The van der Waals surface area contributed by atoms with Gasteiger partial charge in [0.2, 0.25) is 11.9 Å². The summed E-state index contributed by atoms with van der Waals surface area (Å²) in [5.41, 5.74) is -0.643. The number of nitrogens with one attached hydrogen (secondary N) is 2. The van der Waals surface area contributed by atoms with Gasteiger partial charge in [-0.25, -0.2) is 4.98 Å². The summed E-state index contributed by atoms with van der Waals surface area (Å²) < 4.78 is 13.0. The van der Waals surface area contributed by atoms with E-state index in [1.807, 2.05) is 13.8 Å². The number of carbonyl (C=O) groups excluding carboxylic acids is 1. The van der Waals surface area contributed by atoms with Crippen molar-refractivity contribution < 1.29 is 9.18 Å². The van der Waals surface area contributed by atoms with Gasteiger partial charge in [-0.3, -0.25) is 9.69 Å². The lowest BCUT2D eigenvalue weighted by molar-refractivity contribution is -0.126. The van der Waals surface area contributed by atoms with Gasteiger partial charge in [-0.15, -0.1) is 0 Å². The molecule has 1 aromatic heterocycles. The van der Waals surface area contributed by atoms with Crippen LogP contribution in [-0.2, 0) is 4.79 Å². The monoisotopic (exact) mass is 266 g/mol. The van der Waals surface area contributed by atoms with Crippen molar-refractivity contribution in [3.63, 3.8) is 0 Å². The number of carbonyl (C=O) groups is 1. The molecule has 0 spiro atoms. The number of rotatable bonds is 3. The number of hydrogen-bond acceptors (Lipinski definition) is 4. The molecule has 0 bridgehead atoms. The minimum atomic E-state index is -0.643. The molecule has 2 rings (SSSR count). The second-order valence-corrected chi connectivity index (χ2v) is 5.10. The van der Waals surface area contributed by atoms with Crippen molar-refractivity contribution in [3.8, 4) is 0 Å². The number of nitrogens with zero attached hydrogens (tertiary/aromatic N) is 2. The molecule has 0 aromatic carbocycles. The number of amides is 1. The molecule has 5 nitrogen and oxygen atoms in total. The van der Waals surface area contributed by atoms with Crippen molar-refractivity contribution >= 4 is 11.7 Å². The first-order chi connectivity index (χ1) is 9.00. The van der Waals surface area contributed by atoms with Crippen LogP contribution in [0.4, 0.5) is 10.2 Å². The van der Waals surface area contributed by atoms with Crippen LogP contribution in [0.15, 0.2) is 18.2 Å². The average Bonchev–Trinajstić information content (AvgIpc) is 2.39. The predicted molar refractivity (Wildman–Crippen MR) is 71.3 cm³/mol. The summed E-state index contributed by atoms with van der Waals surface area (Å²) in [5.74, 6) is -0.529. The number of aromatic nitrogens is 1. The molecule has 19 heavy (non-hydrogen) atoms. The van der Waals surface area contributed by atoms with Gasteiger partial charge in [-0.05, 0) is 26.0 Å². The Bertz CT molecular complexity index is 458. The molecule has 0 aliphatic carbocycles. The van der Waals surface area contributed by atoms with Gasteiger partial charge in [0, 0.05) is 26.2 Å². The number of anilines is 1. The van der Waals surface area contributed by atoms with Crippen LogP contribution in [0.25, 0.3) is 0 Å². The van der Waals surface area contributed by atoms with Gasteiger partial charge in [0.1, 0.15) is 5.82 Å². The third-order valence-corrected chi connectivity index (χ3v) is 3.42. The lowest BCUT2D eigenvalue weighted by atomic mass is 10.0. The van der Waals surface area contributed by atoms with E-state index in [2.05, 4.69) is 20.5 Å². The summed E-state index contributed by atoms with van der Waals surface area (Å²) in [6, 6.07) is 4.35. The molecule has 0 atom stereocenters. The summed E-state index contributed by atoms with van der Waals surface area (Å²) in [7, 11) is 0. The summed E-state index contributed by atoms with van der Waals surface area (Å²) in [4.78, 5) is 18.1. The van der Waals surface area contributed by atoms with Gasteiger partial charge in [0.05, 0.1) is 5.54 Å². The molecule has 1 aliphatic rings. The number of piperazine rings is 1. The maximum Gasteiger partial charge on any atom is 0.245 e. The Labute approximate surface area is 112 Å². The summed E-state index contributed by atoms with van der Waals surface area (Å²) >= 11 is 0. The topological polar surface area (TPSA) is 57.3 Å². The molecule has 1 fully saturated rings. The van der Waals surface area contributed by atoms with Crippen LogP contribution in [0.1, 0.15) is 13.8 Å². The molecular formula is C13H19FN4O. The molecule has 6 heteroatoms. The number of hydrogen-bond donors (Lipinski definition) is 2. The van der Waals surface area contributed by atoms with Crippen LogP contribution in [0.5, 0.6) is 0 Å². The molecule has 1 aliphatic heterocycles. The highest BCUT2D eigenvalue weighted by Crippen LogP contribution is 2.17.